The van der Waals surface area contributed by atoms with Gasteiger partial charge in [0.2, 0.25) is 10.0 Å². The lowest BCUT2D eigenvalue weighted by Gasteiger charge is -2.50. The van der Waals surface area contributed by atoms with Crippen LogP contribution in [0.4, 0.5) is 0 Å². The molecule has 3 aromatic rings. The number of aromatic nitrogens is 4. The topological polar surface area (TPSA) is 102 Å². The summed E-state index contributed by atoms with van der Waals surface area (Å²) in [5, 5.41) is 8.35. The minimum Gasteiger partial charge on any atom is -0.308 e. The van der Waals surface area contributed by atoms with E-state index in [1.165, 1.54) is 29.1 Å². The average molecular weight is 509 g/mol. The molecule has 0 radical (unpaired) electrons. The first-order chi connectivity index (χ1) is 15.4. The third kappa shape index (κ3) is 4.52. The van der Waals surface area contributed by atoms with Crippen molar-refractivity contribution in [3.05, 3.63) is 70.5 Å². The summed E-state index contributed by atoms with van der Waals surface area (Å²) in [7, 11) is -2.01. The Bertz CT molecular complexity index is 1240. The number of hydrogen-bond donors (Lipinski definition) is 2. The van der Waals surface area contributed by atoms with Gasteiger partial charge in [0.05, 0.1) is 24.5 Å². The minimum absolute atomic E-state index is 0. The maximum Gasteiger partial charge on any atom is 0.244 e. The van der Waals surface area contributed by atoms with E-state index >= 15 is 0 Å². The van der Waals surface area contributed by atoms with Crippen LogP contribution in [0, 0.1) is 0 Å². The molecule has 1 aromatic carbocycles. The van der Waals surface area contributed by atoms with Crippen LogP contribution in [-0.2, 0) is 35.5 Å². The number of sulfonamides is 1. The number of aryl methyl sites for hydroxylation is 1. The molecule has 1 atom stereocenters. The summed E-state index contributed by atoms with van der Waals surface area (Å²) >= 11 is 6.13. The van der Waals surface area contributed by atoms with Crippen LogP contribution in [-0.4, -0.2) is 34.7 Å². The Kier molecular flexibility index (Phi) is 6.80. The molecule has 0 spiro atoms. The smallest absolute Gasteiger partial charge is 0.244 e. The summed E-state index contributed by atoms with van der Waals surface area (Å²) in [4.78, 5) is 9.39. The van der Waals surface area contributed by atoms with Gasteiger partial charge in [-0.1, -0.05) is 30.2 Å². The first-order valence-electron chi connectivity index (χ1n) is 10.7. The fraction of sp³-hybridized carbons (Fsp3) is 0.409. The second-order valence-electron chi connectivity index (χ2n) is 8.52. The van der Waals surface area contributed by atoms with Crippen LogP contribution < -0.4 is 10.0 Å². The quantitative estimate of drug-likeness (QED) is 0.530. The molecule has 0 bridgehead atoms. The lowest BCUT2D eigenvalue weighted by Crippen LogP contribution is -2.49. The third-order valence-corrected chi connectivity index (χ3v) is 8.20. The van der Waals surface area contributed by atoms with E-state index in [1.54, 1.807) is 7.05 Å². The van der Waals surface area contributed by atoms with Gasteiger partial charge in [-0.25, -0.2) is 23.1 Å². The van der Waals surface area contributed by atoms with Crippen molar-refractivity contribution in [2.45, 2.75) is 48.6 Å². The Morgan fingerprint density at radius 2 is 2.00 bits per heavy atom. The first kappa shape index (κ1) is 24.1. The number of halogens is 2. The Morgan fingerprint density at radius 1 is 1.24 bits per heavy atom. The van der Waals surface area contributed by atoms with E-state index in [1.807, 2.05) is 18.3 Å². The lowest BCUT2D eigenvalue weighted by molar-refractivity contribution is 0.161. The van der Waals surface area contributed by atoms with Crippen molar-refractivity contribution in [3.8, 4) is 0 Å². The highest BCUT2D eigenvalue weighted by Gasteiger charge is 2.48. The van der Waals surface area contributed by atoms with Gasteiger partial charge in [0.15, 0.2) is 0 Å². The molecule has 2 N–H and O–H groups in total. The molecule has 1 aliphatic heterocycles. The van der Waals surface area contributed by atoms with Crippen molar-refractivity contribution in [1.82, 2.24) is 29.8 Å². The van der Waals surface area contributed by atoms with E-state index in [0.717, 1.165) is 42.1 Å². The zero-order valence-corrected chi connectivity index (χ0v) is 20.6. The Morgan fingerprint density at radius 3 is 2.64 bits per heavy atom. The molecule has 8 nitrogen and oxygen atoms in total. The fourth-order valence-electron chi connectivity index (χ4n) is 4.75. The number of fused-ring (bicyclic) bond motifs is 1. The predicted molar refractivity (Wildman–Crippen MR) is 128 cm³/mol. The van der Waals surface area contributed by atoms with Gasteiger partial charge in [-0.15, -0.1) is 12.4 Å². The lowest BCUT2D eigenvalue weighted by atomic mass is 9.58. The van der Waals surface area contributed by atoms with E-state index < -0.39 is 10.0 Å². The second-order valence-corrected chi connectivity index (χ2v) is 10.7. The predicted octanol–water partition coefficient (Wildman–Crippen LogP) is 3.07. The molecule has 33 heavy (non-hydrogen) atoms. The number of nitrogens with one attached hydrogen (secondary N) is 2. The SMILES string of the molecule is Cl.Cn1cc(S(=O)(=O)NCc2ncc3c(n2)C(C2(c4ccc(Cl)cc4)CCC2)NCC3)cn1. The van der Waals surface area contributed by atoms with Crippen LogP contribution >= 0.6 is 24.0 Å². The van der Waals surface area contributed by atoms with Gasteiger partial charge in [-0.2, -0.15) is 5.10 Å². The number of hydrogen-bond acceptors (Lipinski definition) is 6. The van der Waals surface area contributed by atoms with Crippen molar-refractivity contribution in [2.75, 3.05) is 6.54 Å². The molecular weight excluding hydrogens is 483 g/mol. The van der Waals surface area contributed by atoms with Gasteiger partial charge in [0, 0.05) is 29.9 Å². The van der Waals surface area contributed by atoms with Crippen LogP contribution in [0.25, 0.3) is 0 Å². The van der Waals surface area contributed by atoms with Gasteiger partial charge >= 0.3 is 0 Å². The maximum atomic E-state index is 12.6. The van der Waals surface area contributed by atoms with Crippen LogP contribution in [0.3, 0.4) is 0 Å². The van der Waals surface area contributed by atoms with Crippen molar-refractivity contribution < 1.29 is 8.42 Å². The van der Waals surface area contributed by atoms with Crippen molar-refractivity contribution in [3.63, 3.8) is 0 Å². The Hall–Kier alpha value is -2.04. The first-order valence-corrected chi connectivity index (χ1v) is 12.6. The number of nitrogens with zero attached hydrogens (tertiary/aromatic N) is 4. The van der Waals surface area contributed by atoms with E-state index in [-0.39, 0.29) is 35.3 Å². The van der Waals surface area contributed by atoms with Crippen LogP contribution in [0.2, 0.25) is 5.02 Å². The van der Waals surface area contributed by atoms with Gasteiger partial charge in [0.25, 0.3) is 0 Å². The summed E-state index contributed by atoms with van der Waals surface area (Å²) in [6.45, 7) is 0.883. The monoisotopic (exact) mass is 508 g/mol. The molecule has 11 heteroatoms. The maximum absolute atomic E-state index is 12.6. The third-order valence-electron chi connectivity index (χ3n) is 6.59. The Balaban J connectivity index is 0.00000259. The molecule has 0 amide bonds. The molecule has 0 saturated heterocycles. The largest absolute Gasteiger partial charge is 0.308 e. The molecule has 1 saturated carbocycles. The van der Waals surface area contributed by atoms with E-state index in [2.05, 4.69) is 32.3 Å². The normalized spacial score (nSPS) is 19.3. The van der Waals surface area contributed by atoms with Crippen molar-refractivity contribution in [1.29, 1.82) is 0 Å². The highest BCUT2D eigenvalue weighted by atomic mass is 35.5. The summed E-state index contributed by atoms with van der Waals surface area (Å²) in [5.74, 6) is 0.454. The summed E-state index contributed by atoms with van der Waals surface area (Å²) in [6.07, 6.45) is 8.78. The van der Waals surface area contributed by atoms with Gasteiger partial charge < -0.3 is 5.32 Å². The molecule has 2 aliphatic rings. The van der Waals surface area contributed by atoms with E-state index in [9.17, 15) is 8.42 Å². The molecule has 1 fully saturated rings. The van der Waals surface area contributed by atoms with Crippen LogP contribution in [0.1, 0.15) is 47.9 Å². The van der Waals surface area contributed by atoms with E-state index in [0.29, 0.717) is 5.82 Å². The van der Waals surface area contributed by atoms with Crippen LogP contribution in [0.5, 0.6) is 0 Å². The van der Waals surface area contributed by atoms with Crippen LogP contribution in [0.15, 0.2) is 47.8 Å². The molecule has 1 unspecified atom stereocenters. The summed E-state index contributed by atoms with van der Waals surface area (Å²) in [6, 6.07) is 8.17. The molecule has 176 valence electrons. The Labute approximate surface area is 204 Å². The van der Waals surface area contributed by atoms with Gasteiger partial charge in [-0.3, -0.25) is 4.68 Å². The number of rotatable bonds is 6. The standard InChI is InChI=1S/C22H25ClN6O2S.ClH/c1-29-14-18(12-26-29)32(30,31)27-13-19-25-11-15-7-10-24-21(20(15)28-19)22(8-2-9-22)16-3-5-17(23)6-4-16;/h3-6,11-12,14,21,24,27H,2,7-10,13H2,1H3;1H. The van der Waals surface area contributed by atoms with Gasteiger partial charge in [-0.05, 0) is 49.1 Å². The molecular formula is C22H26Cl2N6O2S. The van der Waals surface area contributed by atoms with Crippen molar-refractivity contribution in [2.24, 2.45) is 7.05 Å². The molecule has 1 aliphatic carbocycles. The highest BCUT2D eigenvalue weighted by molar-refractivity contribution is 7.89. The minimum atomic E-state index is -3.68. The average Bonchev–Trinajstić information content (AvgIpc) is 3.20. The van der Waals surface area contributed by atoms with Crippen molar-refractivity contribution >= 4 is 34.0 Å². The molecule has 5 rings (SSSR count). The zero-order valence-electron chi connectivity index (χ0n) is 18.2. The molecule has 3 heterocycles. The molecule has 2 aromatic heterocycles. The number of benzene rings is 1. The zero-order chi connectivity index (χ0) is 22.3. The fourth-order valence-corrected chi connectivity index (χ4v) is 5.84. The second kappa shape index (κ2) is 9.31. The summed E-state index contributed by atoms with van der Waals surface area (Å²) < 4.78 is 29.2. The van der Waals surface area contributed by atoms with E-state index in [4.69, 9.17) is 16.6 Å². The van der Waals surface area contributed by atoms with Gasteiger partial charge in [0.1, 0.15) is 10.7 Å². The highest BCUT2D eigenvalue weighted by Crippen LogP contribution is 2.53. The summed E-state index contributed by atoms with van der Waals surface area (Å²) in [5.41, 5.74) is 3.31.